The van der Waals surface area contributed by atoms with Crippen molar-refractivity contribution in [2.45, 2.75) is 72.6 Å². The highest BCUT2D eigenvalue weighted by atomic mass is 14.2. The molecular formula is C14H29. The molecule has 0 heterocycles. The summed E-state index contributed by atoms with van der Waals surface area (Å²) in [6, 6.07) is 0. The van der Waals surface area contributed by atoms with Crippen molar-refractivity contribution in [1.82, 2.24) is 0 Å². The van der Waals surface area contributed by atoms with Gasteiger partial charge in [-0.05, 0) is 24.2 Å². The minimum Gasteiger partial charge on any atom is -0.0654 e. The summed E-state index contributed by atoms with van der Waals surface area (Å²) >= 11 is 0. The Hall–Kier alpha value is 0. The summed E-state index contributed by atoms with van der Waals surface area (Å²) in [6.45, 7) is 13.4. The molecule has 0 saturated carbocycles. The molecule has 0 rings (SSSR count). The monoisotopic (exact) mass is 197 g/mol. The Bertz CT molecular complexity index is 124. The van der Waals surface area contributed by atoms with Gasteiger partial charge in [-0.2, -0.15) is 0 Å². The first-order chi connectivity index (χ1) is 6.52. The maximum Gasteiger partial charge on any atom is -0.0354 e. The minimum absolute atomic E-state index is 0.563. The van der Waals surface area contributed by atoms with Crippen molar-refractivity contribution in [3.63, 3.8) is 0 Å². The van der Waals surface area contributed by atoms with Gasteiger partial charge in [0, 0.05) is 0 Å². The van der Waals surface area contributed by atoms with Gasteiger partial charge < -0.3 is 0 Å². The fourth-order valence-corrected chi connectivity index (χ4v) is 2.08. The highest BCUT2D eigenvalue weighted by Crippen LogP contribution is 2.30. The quantitative estimate of drug-likeness (QED) is 0.499. The number of unbranched alkanes of at least 4 members (excludes halogenated alkanes) is 1. The zero-order valence-electron chi connectivity index (χ0n) is 10.7. The van der Waals surface area contributed by atoms with Crippen LogP contribution in [-0.2, 0) is 0 Å². The van der Waals surface area contributed by atoms with E-state index in [1.165, 1.54) is 38.5 Å². The zero-order chi connectivity index (χ0) is 11.0. The van der Waals surface area contributed by atoms with Crippen LogP contribution in [0.15, 0.2) is 0 Å². The number of rotatable bonds is 8. The van der Waals surface area contributed by atoms with Crippen LogP contribution in [0.25, 0.3) is 0 Å². The Morgan fingerprint density at radius 2 is 1.79 bits per heavy atom. The molecule has 0 fully saturated rings. The molecule has 0 amide bonds. The van der Waals surface area contributed by atoms with E-state index in [-0.39, 0.29) is 0 Å². The Labute approximate surface area is 91.5 Å². The van der Waals surface area contributed by atoms with Gasteiger partial charge in [-0.25, -0.2) is 0 Å². The Balaban J connectivity index is 3.58. The molecular weight excluding hydrogens is 168 g/mol. The molecule has 0 spiro atoms. The van der Waals surface area contributed by atoms with Gasteiger partial charge in [0.05, 0.1) is 0 Å². The van der Waals surface area contributed by atoms with Crippen molar-refractivity contribution in [2.75, 3.05) is 0 Å². The molecule has 0 heteroatoms. The summed E-state index contributed by atoms with van der Waals surface area (Å²) in [5.41, 5.74) is 0.563. The topological polar surface area (TPSA) is 0 Å². The Kier molecular flexibility index (Phi) is 7.31. The number of hydrogen-bond acceptors (Lipinski definition) is 0. The summed E-state index contributed by atoms with van der Waals surface area (Å²) in [4.78, 5) is 0. The SMILES string of the molecule is [CH2]CCCC(C)CCC(C)(C)CCC. The average molecular weight is 197 g/mol. The van der Waals surface area contributed by atoms with E-state index in [0.717, 1.165) is 12.3 Å². The lowest BCUT2D eigenvalue weighted by Crippen LogP contribution is -2.12. The van der Waals surface area contributed by atoms with Gasteiger partial charge in [-0.1, -0.05) is 66.7 Å². The molecule has 0 aliphatic heterocycles. The molecule has 0 aromatic heterocycles. The van der Waals surface area contributed by atoms with Crippen LogP contribution in [0.5, 0.6) is 0 Å². The molecule has 1 atom stereocenters. The van der Waals surface area contributed by atoms with Crippen LogP contribution < -0.4 is 0 Å². The lowest BCUT2D eigenvalue weighted by molar-refractivity contribution is 0.269. The highest BCUT2D eigenvalue weighted by Gasteiger charge is 2.17. The molecule has 0 N–H and O–H groups in total. The lowest BCUT2D eigenvalue weighted by atomic mass is 9.81. The van der Waals surface area contributed by atoms with Gasteiger partial charge in [-0.15, -0.1) is 0 Å². The molecule has 0 saturated heterocycles. The van der Waals surface area contributed by atoms with E-state index in [9.17, 15) is 0 Å². The third-order valence-electron chi connectivity index (χ3n) is 3.19. The van der Waals surface area contributed by atoms with Crippen molar-refractivity contribution < 1.29 is 0 Å². The van der Waals surface area contributed by atoms with Crippen molar-refractivity contribution in [3.05, 3.63) is 6.92 Å². The summed E-state index contributed by atoms with van der Waals surface area (Å²) in [5.74, 6) is 0.896. The van der Waals surface area contributed by atoms with Crippen LogP contribution in [-0.4, -0.2) is 0 Å². The van der Waals surface area contributed by atoms with Crippen LogP contribution in [0.4, 0.5) is 0 Å². The van der Waals surface area contributed by atoms with Crippen LogP contribution in [0.1, 0.15) is 72.6 Å². The maximum absolute atomic E-state index is 3.90. The minimum atomic E-state index is 0.563. The van der Waals surface area contributed by atoms with Gasteiger partial charge in [0.2, 0.25) is 0 Å². The van der Waals surface area contributed by atoms with Crippen LogP contribution >= 0.6 is 0 Å². The van der Waals surface area contributed by atoms with E-state index < -0.39 is 0 Å². The molecule has 1 unspecified atom stereocenters. The van der Waals surface area contributed by atoms with E-state index in [2.05, 4.69) is 34.6 Å². The Morgan fingerprint density at radius 3 is 2.29 bits per heavy atom. The molecule has 0 aromatic carbocycles. The van der Waals surface area contributed by atoms with Gasteiger partial charge in [0.15, 0.2) is 0 Å². The van der Waals surface area contributed by atoms with E-state index in [1.807, 2.05) is 0 Å². The van der Waals surface area contributed by atoms with Gasteiger partial charge in [-0.3, -0.25) is 0 Å². The first-order valence-corrected chi connectivity index (χ1v) is 6.31. The number of hydrogen-bond donors (Lipinski definition) is 0. The summed E-state index contributed by atoms with van der Waals surface area (Å²) in [5, 5.41) is 0. The normalized spacial score (nSPS) is 14.4. The molecule has 0 aromatic rings. The van der Waals surface area contributed by atoms with Crippen LogP contribution in [0.2, 0.25) is 0 Å². The second-order valence-corrected chi connectivity index (χ2v) is 5.55. The van der Waals surface area contributed by atoms with E-state index in [0.29, 0.717) is 5.41 Å². The summed E-state index contributed by atoms with van der Waals surface area (Å²) < 4.78 is 0. The molecule has 14 heavy (non-hydrogen) atoms. The summed E-state index contributed by atoms with van der Waals surface area (Å²) in [6.07, 6.45) is 9.24. The second kappa shape index (κ2) is 7.31. The lowest BCUT2D eigenvalue weighted by Gasteiger charge is -2.25. The first kappa shape index (κ1) is 14.0. The van der Waals surface area contributed by atoms with Crippen molar-refractivity contribution in [3.8, 4) is 0 Å². The van der Waals surface area contributed by atoms with Gasteiger partial charge in [0.1, 0.15) is 0 Å². The molecule has 0 aliphatic carbocycles. The van der Waals surface area contributed by atoms with E-state index in [1.54, 1.807) is 0 Å². The van der Waals surface area contributed by atoms with Crippen LogP contribution in [0, 0.1) is 18.3 Å². The largest absolute Gasteiger partial charge is 0.0654 e. The predicted molar refractivity (Wildman–Crippen MR) is 66.3 cm³/mol. The molecule has 1 radical (unpaired) electrons. The average Bonchev–Trinajstić information content (AvgIpc) is 2.11. The van der Waals surface area contributed by atoms with Crippen molar-refractivity contribution >= 4 is 0 Å². The maximum atomic E-state index is 3.90. The molecule has 0 bridgehead atoms. The van der Waals surface area contributed by atoms with Crippen LogP contribution in [0.3, 0.4) is 0 Å². The smallest absolute Gasteiger partial charge is 0.0354 e. The third-order valence-corrected chi connectivity index (χ3v) is 3.19. The highest BCUT2D eigenvalue weighted by molar-refractivity contribution is 4.69. The molecule has 0 nitrogen and oxygen atoms in total. The first-order valence-electron chi connectivity index (χ1n) is 6.31. The van der Waals surface area contributed by atoms with Crippen molar-refractivity contribution in [2.24, 2.45) is 11.3 Å². The second-order valence-electron chi connectivity index (χ2n) is 5.55. The predicted octanol–water partition coefficient (Wildman–Crippen LogP) is 5.23. The zero-order valence-corrected chi connectivity index (χ0v) is 10.7. The van der Waals surface area contributed by atoms with Gasteiger partial charge >= 0.3 is 0 Å². The standard InChI is InChI=1S/C14H29/c1-6-8-9-13(3)10-12-14(4,5)11-7-2/h13H,1,6-12H2,2-5H3. The van der Waals surface area contributed by atoms with E-state index >= 15 is 0 Å². The fraction of sp³-hybridized carbons (Fsp3) is 0.929. The van der Waals surface area contributed by atoms with E-state index in [4.69, 9.17) is 0 Å². The third kappa shape index (κ3) is 7.41. The summed E-state index contributed by atoms with van der Waals surface area (Å²) in [7, 11) is 0. The van der Waals surface area contributed by atoms with Crippen molar-refractivity contribution in [1.29, 1.82) is 0 Å². The molecule has 0 aliphatic rings. The Morgan fingerprint density at radius 1 is 1.14 bits per heavy atom. The molecule has 85 valence electrons. The van der Waals surface area contributed by atoms with Gasteiger partial charge in [0.25, 0.3) is 0 Å². The fourth-order valence-electron chi connectivity index (χ4n) is 2.08.